The molecule has 0 fully saturated rings. The Balaban J connectivity index is 4.99. The summed E-state index contributed by atoms with van der Waals surface area (Å²) >= 11 is 0. The van der Waals surface area contributed by atoms with Crippen molar-refractivity contribution in [1.82, 2.24) is 16.0 Å². The van der Waals surface area contributed by atoms with E-state index in [4.69, 9.17) is 21.7 Å². The Hall–Kier alpha value is -2.73. The summed E-state index contributed by atoms with van der Waals surface area (Å²) in [5, 5.41) is 24.3. The van der Waals surface area contributed by atoms with E-state index in [2.05, 4.69) is 10.6 Å². The summed E-state index contributed by atoms with van der Waals surface area (Å²) < 4.78 is 0. The van der Waals surface area contributed by atoms with Crippen LogP contribution in [0.25, 0.3) is 0 Å². The monoisotopic (exact) mass is 361 g/mol. The minimum atomic E-state index is -1.57. The number of aliphatic carboxylic acids is 1. The molecule has 0 aromatic rings. The van der Waals surface area contributed by atoms with Gasteiger partial charge < -0.3 is 37.6 Å². The quantitative estimate of drug-likeness (QED) is 0.191. The Bertz CT molecular complexity index is 525. The van der Waals surface area contributed by atoms with E-state index in [-0.39, 0.29) is 19.4 Å². The van der Waals surface area contributed by atoms with Crippen LogP contribution in [0, 0.1) is 0 Å². The van der Waals surface area contributed by atoms with Gasteiger partial charge in [0.25, 0.3) is 0 Å². The summed E-state index contributed by atoms with van der Waals surface area (Å²) in [5.74, 6) is -4.46. The SMILES string of the molecule is CC(NC(=O)CN)C(=O)NC(CCC(N)=O)C(=O)NC(CO)C(=O)O. The number of carboxylic acids is 1. The summed E-state index contributed by atoms with van der Waals surface area (Å²) in [4.78, 5) is 57.0. The van der Waals surface area contributed by atoms with E-state index >= 15 is 0 Å². The van der Waals surface area contributed by atoms with Crippen molar-refractivity contribution in [2.45, 2.75) is 37.9 Å². The fourth-order valence-corrected chi connectivity index (χ4v) is 1.68. The van der Waals surface area contributed by atoms with Crippen molar-refractivity contribution in [2.75, 3.05) is 13.2 Å². The van der Waals surface area contributed by atoms with Crippen molar-refractivity contribution >= 4 is 29.6 Å². The largest absolute Gasteiger partial charge is 0.480 e. The van der Waals surface area contributed by atoms with Crippen molar-refractivity contribution in [3.63, 3.8) is 0 Å². The maximum absolute atomic E-state index is 12.1. The number of nitrogens with two attached hydrogens (primary N) is 2. The highest BCUT2D eigenvalue weighted by atomic mass is 16.4. The lowest BCUT2D eigenvalue weighted by Gasteiger charge is -2.22. The molecule has 3 atom stereocenters. The molecule has 25 heavy (non-hydrogen) atoms. The molecular weight excluding hydrogens is 338 g/mol. The third kappa shape index (κ3) is 8.62. The average molecular weight is 361 g/mol. The molecule has 9 N–H and O–H groups in total. The molecule has 0 spiro atoms. The van der Waals surface area contributed by atoms with Crippen LogP contribution in [0.3, 0.4) is 0 Å². The molecule has 0 aromatic heterocycles. The van der Waals surface area contributed by atoms with Gasteiger partial charge in [-0.2, -0.15) is 0 Å². The van der Waals surface area contributed by atoms with E-state index in [1.165, 1.54) is 6.92 Å². The number of hydrogen-bond acceptors (Lipinski definition) is 7. The molecule has 4 amide bonds. The summed E-state index contributed by atoms with van der Waals surface area (Å²) in [6.07, 6.45) is -0.443. The third-order valence-corrected chi connectivity index (χ3v) is 3.07. The van der Waals surface area contributed by atoms with E-state index in [0.717, 1.165) is 0 Å². The molecule has 0 saturated heterocycles. The van der Waals surface area contributed by atoms with Gasteiger partial charge in [0.1, 0.15) is 18.1 Å². The summed E-state index contributed by atoms with van der Waals surface area (Å²) in [6.45, 7) is 0.153. The van der Waals surface area contributed by atoms with Crippen LogP contribution in [0.15, 0.2) is 0 Å². The van der Waals surface area contributed by atoms with Gasteiger partial charge in [-0.3, -0.25) is 19.2 Å². The number of hydrogen-bond donors (Lipinski definition) is 7. The molecule has 0 saturated carbocycles. The Labute approximate surface area is 143 Å². The van der Waals surface area contributed by atoms with Gasteiger partial charge in [0, 0.05) is 6.42 Å². The first kappa shape index (κ1) is 22.3. The average Bonchev–Trinajstić information content (AvgIpc) is 2.54. The molecule has 0 aliphatic rings. The predicted octanol–water partition coefficient (Wildman–Crippen LogP) is -4.24. The van der Waals surface area contributed by atoms with Gasteiger partial charge in [0.05, 0.1) is 13.2 Å². The number of carbonyl (C=O) groups excluding carboxylic acids is 4. The maximum Gasteiger partial charge on any atom is 0.328 e. The van der Waals surface area contributed by atoms with Crippen LogP contribution in [-0.2, 0) is 24.0 Å². The van der Waals surface area contributed by atoms with Crippen molar-refractivity contribution < 1.29 is 34.2 Å². The Kier molecular flexibility index (Phi) is 9.74. The summed E-state index contributed by atoms with van der Waals surface area (Å²) in [7, 11) is 0. The van der Waals surface area contributed by atoms with E-state index in [0.29, 0.717) is 0 Å². The van der Waals surface area contributed by atoms with Crippen molar-refractivity contribution in [3.8, 4) is 0 Å². The zero-order chi connectivity index (χ0) is 19.6. The fraction of sp³-hybridized carbons (Fsp3) is 0.615. The Morgan fingerprint density at radius 1 is 1.00 bits per heavy atom. The van der Waals surface area contributed by atoms with Crippen LogP contribution in [-0.4, -0.2) is 71.1 Å². The number of nitrogens with one attached hydrogen (secondary N) is 3. The number of primary amides is 1. The number of carbonyl (C=O) groups is 5. The number of carboxylic acid groups (broad SMARTS) is 1. The van der Waals surface area contributed by atoms with Crippen LogP contribution in [0.1, 0.15) is 19.8 Å². The van der Waals surface area contributed by atoms with Gasteiger partial charge >= 0.3 is 5.97 Å². The van der Waals surface area contributed by atoms with Crippen LogP contribution < -0.4 is 27.4 Å². The second kappa shape index (κ2) is 10.9. The van der Waals surface area contributed by atoms with Gasteiger partial charge in [-0.25, -0.2) is 4.79 Å². The standard InChI is InChI=1S/C13H23N5O7/c1-6(16-10(21)4-14)11(22)17-7(2-3-9(15)20)12(23)18-8(5-19)13(24)25/h6-8,19H,2-5,14H2,1H3,(H2,15,20)(H,16,21)(H,17,22)(H,18,23)(H,24,25). The predicted molar refractivity (Wildman–Crippen MR) is 83.7 cm³/mol. The molecule has 0 aromatic carbocycles. The van der Waals surface area contributed by atoms with E-state index in [9.17, 15) is 24.0 Å². The van der Waals surface area contributed by atoms with E-state index < -0.39 is 54.3 Å². The second-order valence-corrected chi connectivity index (χ2v) is 5.14. The second-order valence-electron chi connectivity index (χ2n) is 5.14. The van der Waals surface area contributed by atoms with E-state index in [1.54, 1.807) is 0 Å². The lowest BCUT2D eigenvalue weighted by molar-refractivity contribution is -0.143. The Morgan fingerprint density at radius 2 is 1.56 bits per heavy atom. The summed E-state index contributed by atoms with van der Waals surface area (Å²) in [6, 6.07) is -3.88. The highest BCUT2D eigenvalue weighted by Gasteiger charge is 2.28. The molecule has 0 rings (SSSR count). The van der Waals surface area contributed by atoms with Gasteiger partial charge in [-0.05, 0) is 13.3 Å². The molecule has 0 aliphatic carbocycles. The van der Waals surface area contributed by atoms with Crippen molar-refractivity contribution in [3.05, 3.63) is 0 Å². The number of rotatable bonds is 11. The fourth-order valence-electron chi connectivity index (χ4n) is 1.68. The maximum atomic E-state index is 12.1. The summed E-state index contributed by atoms with van der Waals surface area (Å²) in [5.41, 5.74) is 10.1. The van der Waals surface area contributed by atoms with Crippen LogP contribution in [0.5, 0.6) is 0 Å². The van der Waals surface area contributed by atoms with Gasteiger partial charge in [-0.1, -0.05) is 0 Å². The normalized spacial score (nSPS) is 13.9. The lowest BCUT2D eigenvalue weighted by atomic mass is 10.1. The minimum absolute atomic E-state index is 0.192. The first-order chi connectivity index (χ1) is 11.6. The van der Waals surface area contributed by atoms with Gasteiger partial charge in [-0.15, -0.1) is 0 Å². The third-order valence-electron chi connectivity index (χ3n) is 3.07. The van der Waals surface area contributed by atoms with Crippen LogP contribution in [0.4, 0.5) is 0 Å². The highest BCUT2D eigenvalue weighted by Crippen LogP contribution is 2.00. The zero-order valence-corrected chi connectivity index (χ0v) is 13.7. The molecule has 142 valence electrons. The Morgan fingerprint density at radius 3 is 2.00 bits per heavy atom. The van der Waals surface area contributed by atoms with Crippen molar-refractivity contribution in [2.24, 2.45) is 11.5 Å². The van der Waals surface area contributed by atoms with Gasteiger partial charge in [0.2, 0.25) is 23.6 Å². The van der Waals surface area contributed by atoms with Crippen LogP contribution >= 0.6 is 0 Å². The molecular formula is C13H23N5O7. The topological polar surface area (TPSA) is 214 Å². The lowest BCUT2D eigenvalue weighted by Crippen LogP contribution is -2.56. The molecule has 12 nitrogen and oxygen atoms in total. The zero-order valence-electron chi connectivity index (χ0n) is 13.7. The first-order valence-electron chi connectivity index (χ1n) is 7.34. The molecule has 0 aliphatic heterocycles. The molecule has 0 radical (unpaired) electrons. The number of amides is 4. The van der Waals surface area contributed by atoms with Crippen LogP contribution in [0.2, 0.25) is 0 Å². The first-order valence-corrected chi connectivity index (χ1v) is 7.34. The molecule has 0 bridgehead atoms. The number of aliphatic hydroxyl groups is 1. The van der Waals surface area contributed by atoms with Crippen molar-refractivity contribution in [1.29, 1.82) is 0 Å². The smallest absolute Gasteiger partial charge is 0.328 e. The molecule has 3 unspecified atom stereocenters. The minimum Gasteiger partial charge on any atom is -0.480 e. The molecule has 0 heterocycles. The highest BCUT2D eigenvalue weighted by molar-refractivity contribution is 5.93. The van der Waals surface area contributed by atoms with E-state index in [1.807, 2.05) is 5.32 Å². The number of aliphatic hydroxyl groups excluding tert-OH is 1. The van der Waals surface area contributed by atoms with Gasteiger partial charge in [0.15, 0.2) is 0 Å². The molecule has 12 heteroatoms.